The van der Waals surface area contributed by atoms with Gasteiger partial charge in [0.25, 0.3) is 11.8 Å². The van der Waals surface area contributed by atoms with Crippen LogP contribution in [0.25, 0.3) is 0 Å². The van der Waals surface area contributed by atoms with E-state index in [1.54, 1.807) is 48.5 Å². The maximum absolute atomic E-state index is 12.2. The Morgan fingerprint density at radius 1 is 0.842 bits per heavy atom. The monoisotopic (exact) mass is 248 g/mol. The number of rotatable bonds is 1. The molecule has 0 N–H and O–H groups in total. The molecule has 3 rings (SSSR count). The van der Waals surface area contributed by atoms with Crippen molar-refractivity contribution in [1.29, 1.82) is 5.26 Å². The van der Waals surface area contributed by atoms with Crippen LogP contribution < -0.4 is 4.90 Å². The highest BCUT2D eigenvalue weighted by Crippen LogP contribution is 2.28. The van der Waals surface area contributed by atoms with Gasteiger partial charge in [0.2, 0.25) is 0 Å². The number of benzene rings is 2. The second-order valence-electron chi connectivity index (χ2n) is 4.15. The van der Waals surface area contributed by atoms with E-state index in [9.17, 15) is 9.59 Å². The van der Waals surface area contributed by atoms with Crippen molar-refractivity contribution in [3.63, 3.8) is 0 Å². The van der Waals surface area contributed by atoms with Crippen LogP contribution in [0.5, 0.6) is 0 Å². The number of carbonyl (C=O) groups is 2. The zero-order chi connectivity index (χ0) is 13.4. The maximum atomic E-state index is 12.2. The highest BCUT2D eigenvalue weighted by atomic mass is 16.2. The van der Waals surface area contributed by atoms with E-state index >= 15 is 0 Å². The Morgan fingerprint density at radius 2 is 1.37 bits per heavy atom. The first-order valence-electron chi connectivity index (χ1n) is 5.70. The fraction of sp³-hybridized carbons (Fsp3) is 0. The summed E-state index contributed by atoms with van der Waals surface area (Å²) in [4.78, 5) is 25.5. The molecule has 0 saturated heterocycles. The summed E-state index contributed by atoms with van der Waals surface area (Å²) in [6.07, 6.45) is 0. The van der Waals surface area contributed by atoms with Crippen molar-refractivity contribution in [2.45, 2.75) is 0 Å². The molecule has 0 aliphatic carbocycles. The summed E-state index contributed by atoms with van der Waals surface area (Å²) in [5, 5.41) is 8.74. The lowest BCUT2D eigenvalue weighted by molar-refractivity contribution is 0.0926. The van der Waals surface area contributed by atoms with Crippen LogP contribution in [-0.4, -0.2) is 11.8 Å². The topological polar surface area (TPSA) is 61.2 Å². The van der Waals surface area contributed by atoms with Crippen molar-refractivity contribution in [3.05, 3.63) is 65.2 Å². The zero-order valence-corrected chi connectivity index (χ0v) is 9.83. The van der Waals surface area contributed by atoms with E-state index in [-0.39, 0.29) is 11.8 Å². The minimum atomic E-state index is -0.328. The average molecular weight is 248 g/mol. The molecule has 0 spiro atoms. The molecule has 4 heteroatoms. The second kappa shape index (κ2) is 4.07. The van der Waals surface area contributed by atoms with Crippen LogP contribution in [-0.2, 0) is 0 Å². The van der Waals surface area contributed by atoms with Crippen LogP contribution in [0.15, 0.2) is 48.5 Å². The Kier molecular flexibility index (Phi) is 2.39. The number of hydrogen-bond donors (Lipinski definition) is 0. The van der Waals surface area contributed by atoms with Crippen molar-refractivity contribution in [2.24, 2.45) is 0 Å². The Hall–Kier alpha value is -2.93. The van der Waals surface area contributed by atoms with Gasteiger partial charge in [-0.25, -0.2) is 4.90 Å². The van der Waals surface area contributed by atoms with Crippen molar-refractivity contribution in [1.82, 2.24) is 0 Å². The van der Waals surface area contributed by atoms with E-state index in [4.69, 9.17) is 5.26 Å². The summed E-state index contributed by atoms with van der Waals surface area (Å²) in [5.74, 6) is -0.657. The lowest BCUT2D eigenvalue weighted by Gasteiger charge is -2.13. The number of nitrogens with zero attached hydrogens (tertiary/aromatic N) is 2. The Bertz CT molecular complexity index is 692. The van der Waals surface area contributed by atoms with Crippen LogP contribution in [0.2, 0.25) is 0 Å². The van der Waals surface area contributed by atoms with Crippen molar-refractivity contribution in [3.8, 4) is 6.07 Å². The van der Waals surface area contributed by atoms with E-state index in [2.05, 4.69) is 0 Å². The Labute approximate surface area is 109 Å². The molecule has 0 unspecified atom stereocenters. The second-order valence-corrected chi connectivity index (χ2v) is 4.15. The molecule has 0 radical (unpaired) electrons. The van der Waals surface area contributed by atoms with Gasteiger partial charge < -0.3 is 0 Å². The standard InChI is InChI=1S/C15H8N2O2/c16-9-10-5-7-11(8-6-10)17-14(18)12-3-1-2-4-13(12)15(17)19/h1-8H. The van der Waals surface area contributed by atoms with Crippen LogP contribution in [0, 0.1) is 11.3 Å². The summed E-state index contributed by atoms with van der Waals surface area (Å²) in [5.41, 5.74) is 1.79. The van der Waals surface area contributed by atoms with Gasteiger partial charge in [0, 0.05) is 0 Å². The van der Waals surface area contributed by atoms with Gasteiger partial charge in [0.05, 0.1) is 28.4 Å². The van der Waals surface area contributed by atoms with Gasteiger partial charge in [0.15, 0.2) is 0 Å². The number of hydrogen-bond acceptors (Lipinski definition) is 3. The molecule has 1 aliphatic rings. The fourth-order valence-electron chi connectivity index (χ4n) is 2.11. The number of imide groups is 1. The molecule has 1 heterocycles. The van der Waals surface area contributed by atoms with Gasteiger partial charge in [-0.15, -0.1) is 0 Å². The third-order valence-electron chi connectivity index (χ3n) is 3.05. The van der Waals surface area contributed by atoms with Crippen molar-refractivity contribution >= 4 is 17.5 Å². The van der Waals surface area contributed by atoms with Crippen molar-refractivity contribution < 1.29 is 9.59 Å². The number of amides is 2. The van der Waals surface area contributed by atoms with Crippen LogP contribution in [0.1, 0.15) is 26.3 Å². The van der Waals surface area contributed by atoms with Gasteiger partial charge >= 0.3 is 0 Å². The third-order valence-corrected chi connectivity index (χ3v) is 3.05. The van der Waals surface area contributed by atoms with Crippen molar-refractivity contribution in [2.75, 3.05) is 4.90 Å². The minimum absolute atomic E-state index is 0.328. The number of fused-ring (bicyclic) bond motifs is 1. The van der Waals surface area contributed by atoms with Gasteiger partial charge in [-0.2, -0.15) is 5.26 Å². The predicted octanol–water partition coefficient (Wildman–Crippen LogP) is 2.36. The van der Waals surface area contributed by atoms with Crippen LogP contribution in [0.4, 0.5) is 5.69 Å². The quantitative estimate of drug-likeness (QED) is 0.728. The van der Waals surface area contributed by atoms with Crippen LogP contribution in [0.3, 0.4) is 0 Å². The molecule has 0 bridgehead atoms. The molecule has 90 valence electrons. The molecule has 0 saturated carbocycles. The molecular weight excluding hydrogens is 240 g/mol. The molecule has 0 atom stereocenters. The highest BCUT2D eigenvalue weighted by Gasteiger charge is 2.36. The molecule has 19 heavy (non-hydrogen) atoms. The maximum Gasteiger partial charge on any atom is 0.266 e. The smallest absolute Gasteiger partial charge is 0.266 e. The normalized spacial score (nSPS) is 13.3. The van der Waals surface area contributed by atoms with Gasteiger partial charge in [-0.1, -0.05) is 12.1 Å². The Balaban J connectivity index is 2.06. The largest absolute Gasteiger partial charge is 0.268 e. The summed E-state index contributed by atoms with van der Waals surface area (Å²) >= 11 is 0. The molecule has 4 nitrogen and oxygen atoms in total. The molecule has 2 amide bonds. The molecule has 0 fully saturated rings. The van der Waals surface area contributed by atoms with E-state index in [1.165, 1.54) is 0 Å². The van der Waals surface area contributed by atoms with E-state index in [0.29, 0.717) is 22.4 Å². The average Bonchev–Trinajstić information content (AvgIpc) is 2.72. The first-order valence-corrected chi connectivity index (χ1v) is 5.70. The van der Waals surface area contributed by atoms with E-state index < -0.39 is 0 Å². The third kappa shape index (κ3) is 1.60. The molecule has 2 aromatic rings. The zero-order valence-electron chi connectivity index (χ0n) is 9.83. The summed E-state index contributed by atoms with van der Waals surface area (Å²) in [6, 6.07) is 15.1. The number of anilines is 1. The summed E-state index contributed by atoms with van der Waals surface area (Å²) in [6.45, 7) is 0. The first-order chi connectivity index (χ1) is 9.22. The van der Waals surface area contributed by atoms with E-state index in [0.717, 1.165) is 4.90 Å². The van der Waals surface area contributed by atoms with Gasteiger partial charge in [-0.05, 0) is 36.4 Å². The predicted molar refractivity (Wildman–Crippen MR) is 68.7 cm³/mol. The number of carbonyl (C=O) groups excluding carboxylic acids is 2. The molecule has 1 aliphatic heterocycles. The SMILES string of the molecule is N#Cc1ccc(N2C(=O)c3ccccc3C2=O)cc1. The minimum Gasteiger partial charge on any atom is -0.268 e. The molecule has 0 aromatic heterocycles. The molecular formula is C15H8N2O2. The fourth-order valence-corrected chi connectivity index (χ4v) is 2.11. The lowest BCUT2D eigenvalue weighted by Crippen LogP contribution is -2.29. The summed E-state index contributed by atoms with van der Waals surface area (Å²) < 4.78 is 0. The highest BCUT2D eigenvalue weighted by molar-refractivity contribution is 6.34. The van der Waals surface area contributed by atoms with Gasteiger partial charge in [-0.3, -0.25) is 9.59 Å². The van der Waals surface area contributed by atoms with Crippen LogP contribution >= 0.6 is 0 Å². The van der Waals surface area contributed by atoms with E-state index in [1.807, 2.05) is 6.07 Å². The molecule has 2 aromatic carbocycles. The van der Waals surface area contributed by atoms with Gasteiger partial charge in [0.1, 0.15) is 0 Å². The lowest BCUT2D eigenvalue weighted by atomic mass is 10.1. The Morgan fingerprint density at radius 3 is 1.84 bits per heavy atom. The summed E-state index contributed by atoms with van der Waals surface area (Å²) in [7, 11) is 0. The number of nitriles is 1. The first kappa shape index (κ1) is 11.2.